The highest BCUT2D eigenvalue weighted by molar-refractivity contribution is 6.00. The summed E-state index contributed by atoms with van der Waals surface area (Å²) in [5.74, 6) is 0.515. The van der Waals surface area contributed by atoms with Gasteiger partial charge in [0.15, 0.2) is 0 Å². The topological polar surface area (TPSA) is 79.5 Å². The van der Waals surface area contributed by atoms with Crippen LogP contribution in [0.2, 0.25) is 0 Å². The number of aliphatic imine (C=N–C) groups is 1. The van der Waals surface area contributed by atoms with Crippen molar-refractivity contribution in [2.75, 3.05) is 10.6 Å². The molecule has 0 atom stereocenters. The van der Waals surface area contributed by atoms with Gasteiger partial charge in [0.1, 0.15) is 5.84 Å². The summed E-state index contributed by atoms with van der Waals surface area (Å²) in [6.07, 6.45) is -2.29. The van der Waals surface area contributed by atoms with E-state index >= 15 is 0 Å². The number of carbonyl (C=O) groups excluding carboxylic acids is 1. The van der Waals surface area contributed by atoms with Gasteiger partial charge in [-0.1, -0.05) is 18.2 Å². The highest BCUT2D eigenvalue weighted by atomic mass is 19.4. The molecule has 1 aliphatic rings. The van der Waals surface area contributed by atoms with E-state index in [2.05, 4.69) is 15.6 Å². The molecule has 0 radical (unpaired) electrons. The Bertz CT molecular complexity index is 948. The van der Waals surface area contributed by atoms with Crippen molar-refractivity contribution in [3.8, 4) is 0 Å². The number of amidine groups is 1. The van der Waals surface area contributed by atoms with Crippen molar-refractivity contribution in [2.45, 2.75) is 19.5 Å². The van der Waals surface area contributed by atoms with E-state index in [9.17, 15) is 18.0 Å². The van der Waals surface area contributed by atoms with E-state index in [-0.39, 0.29) is 11.3 Å². The summed E-state index contributed by atoms with van der Waals surface area (Å²) in [7, 11) is 0. The lowest BCUT2D eigenvalue weighted by molar-refractivity contribution is -0.138. The molecule has 2 aromatic rings. The van der Waals surface area contributed by atoms with Crippen LogP contribution in [0.5, 0.6) is 0 Å². The number of benzene rings is 2. The van der Waals surface area contributed by atoms with Gasteiger partial charge < -0.3 is 16.4 Å². The minimum atomic E-state index is -4.48. The van der Waals surface area contributed by atoms with Crippen molar-refractivity contribution < 1.29 is 18.0 Å². The minimum Gasteiger partial charge on any atom is -0.387 e. The number of aryl methyl sites for hydroxylation is 1. The number of alkyl halides is 3. The summed E-state index contributed by atoms with van der Waals surface area (Å²) in [4.78, 5) is 16.2. The Morgan fingerprint density at radius 2 is 1.81 bits per heavy atom. The highest BCUT2D eigenvalue weighted by Crippen LogP contribution is 2.33. The number of nitrogens with two attached hydrogens (primary N) is 1. The molecule has 0 aromatic heterocycles. The Labute approximate surface area is 153 Å². The van der Waals surface area contributed by atoms with Crippen molar-refractivity contribution in [3.63, 3.8) is 0 Å². The first-order valence-electron chi connectivity index (χ1n) is 8.10. The number of urea groups is 1. The van der Waals surface area contributed by atoms with Gasteiger partial charge in [-0.15, -0.1) is 0 Å². The maximum Gasteiger partial charge on any atom is 0.416 e. The molecule has 140 valence electrons. The molecule has 2 aromatic carbocycles. The van der Waals surface area contributed by atoms with Gasteiger partial charge in [0.2, 0.25) is 0 Å². The van der Waals surface area contributed by atoms with E-state index in [1.807, 2.05) is 6.07 Å². The van der Waals surface area contributed by atoms with Crippen LogP contribution in [0, 0.1) is 6.92 Å². The normalized spacial score (nSPS) is 13.8. The smallest absolute Gasteiger partial charge is 0.387 e. The lowest BCUT2D eigenvalue weighted by Gasteiger charge is -2.13. The van der Waals surface area contributed by atoms with Gasteiger partial charge in [-0.25, -0.2) is 9.79 Å². The van der Waals surface area contributed by atoms with Gasteiger partial charge in [0.25, 0.3) is 0 Å². The molecular weight excluding hydrogens is 357 g/mol. The SMILES string of the molecule is Cc1ccc(NC(=O)Nc2cccc(C3=CN=C(N)C3)c2)cc1C(F)(F)F. The van der Waals surface area contributed by atoms with E-state index in [0.717, 1.165) is 17.2 Å². The van der Waals surface area contributed by atoms with E-state index in [1.54, 1.807) is 24.4 Å². The predicted octanol–water partition coefficient (Wildman–Crippen LogP) is 4.76. The van der Waals surface area contributed by atoms with E-state index in [0.29, 0.717) is 17.9 Å². The molecule has 8 heteroatoms. The average molecular weight is 374 g/mol. The van der Waals surface area contributed by atoms with Crippen molar-refractivity contribution >= 4 is 28.8 Å². The predicted molar refractivity (Wildman–Crippen MR) is 99.5 cm³/mol. The molecule has 3 rings (SSSR count). The second-order valence-corrected chi connectivity index (χ2v) is 6.14. The van der Waals surface area contributed by atoms with Crippen LogP contribution in [0.25, 0.3) is 5.57 Å². The zero-order valence-electron chi connectivity index (χ0n) is 14.4. The monoisotopic (exact) mass is 374 g/mol. The molecule has 0 saturated carbocycles. The summed E-state index contributed by atoms with van der Waals surface area (Å²) < 4.78 is 38.9. The van der Waals surface area contributed by atoms with Crippen molar-refractivity contribution in [1.29, 1.82) is 0 Å². The third-order valence-electron chi connectivity index (χ3n) is 4.05. The molecule has 0 fully saturated rings. The van der Waals surface area contributed by atoms with Crippen LogP contribution >= 0.6 is 0 Å². The minimum absolute atomic E-state index is 0.0567. The summed E-state index contributed by atoms with van der Waals surface area (Å²) in [5.41, 5.74) is 7.30. The molecule has 0 aliphatic carbocycles. The van der Waals surface area contributed by atoms with Crippen LogP contribution < -0.4 is 16.4 Å². The maximum absolute atomic E-state index is 13.0. The van der Waals surface area contributed by atoms with Gasteiger partial charge in [0, 0.05) is 24.0 Å². The molecular formula is C19H17F3N4O. The Morgan fingerprint density at radius 1 is 1.11 bits per heavy atom. The van der Waals surface area contributed by atoms with Gasteiger partial charge in [-0.2, -0.15) is 13.2 Å². The van der Waals surface area contributed by atoms with Crippen LogP contribution in [-0.2, 0) is 6.18 Å². The fourth-order valence-corrected chi connectivity index (χ4v) is 2.72. The molecule has 27 heavy (non-hydrogen) atoms. The van der Waals surface area contributed by atoms with Gasteiger partial charge in [-0.3, -0.25) is 0 Å². The first kappa shape index (κ1) is 18.5. The highest BCUT2D eigenvalue weighted by Gasteiger charge is 2.32. The van der Waals surface area contributed by atoms with Crippen LogP contribution in [0.1, 0.15) is 23.1 Å². The lowest BCUT2D eigenvalue weighted by Crippen LogP contribution is -2.20. The Morgan fingerprint density at radius 3 is 2.44 bits per heavy atom. The van der Waals surface area contributed by atoms with Crippen molar-refractivity contribution in [1.82, 2.24) is 0 Å². The first-order chi connectivity index (χ1) is 12.7. The number of hydrogen-bond acceptors (Lipinski definition) is 3. The molecule has 0 saturated heterocycles. The average Bonchev–Trinajstić information content (AvgIpc) is 3.02. The second-order valence-electron chi connectivity index (χ2n) is 6.14. The largest absolute Gasteiger partial charge is 0.416 e. The number of nitrogens with zero attached hydrogens (tertiary/aromatic N) is 1. The van der Waals surface area contributed by atoms with Crippen LogP contribution in [0.15, 0.2) is 53.7 Å². The Balaban J connectivity index is 1.70. The third-order valence-corrected chi connectivity index (χ3v) is 4.05. The Kier molecular flexibility index (Phi) is 4.89. The fraction of sp³-hybridized carbons (Fsp3) is 0.158. The fourth-order valence-electron chi connectivity index (χ4n) is 2.72. The van der Waals surface area contributed by atoms with Gasteiger partial charge in [0.05, 0.1) is 5.56 Å². The number of carbonyl (C=O) groups is 1. The molecule has 5 nitrogen and oxygen atoms in total. The molecule has 0 spiro atoms. The van der Waals surface area contributed by atoms with Crippen molar-refractivity contribution in [3.05, 3.63) is 65.4 Å². The number of anilines is 2. The molecule has 0 unspecified atom stereocenters. The van der Waals surface area contributed by atoms with Gasteiger partial charge in [-0.05, 0) is 47.9 Å². The van der Waals surface area contributed by atoms with E-state index in [4.69, 9.17) is 5.73 Å². The van der Waals surface area contributed by atoms with E-state index in [1.165, 1.54) is 19.1 Å². The molecule has 2 amide bonds. The molecule has 0 bridgehead atoms. The third kappa shape index (κ3) is 4.46. The summed E-state index contributed by atoms with van der Waals surface area (Å²) in [6.45, 7) is 1.37. The van der Waals surface area contributed by atoms with Crippen LogP contribution in [0.4, 0.5) is 29.3 Å². The summed E-state index contributed by atoms with van der Waals surface area (Å²) in [5, 5.41) is 5.03. The first-order valence-corrected chi connectivity index (χ1v) is 8.10. The zero-order valence-corrected chi connectivity index (χ0v) is 14.4. The lowest BCUT2D eigenvalue weighted by atomic mass is 10.0. The second kappa shape index (κ2) is 7.14. The van der Waals surface area contributed by atoms with Crippen LogP contribution in [0.3, 0.4) is 0 Å². The number of nitrogens with one attached hydrogen (secondary N) is 2. The molecule has 4 N–H and O–H groups in total. The molecule has 1 aliphatic heterocycles. The van der Waals surface area contributed by atoms with Crippen LogP contribution in [-0.4, -0.2) is 11.9 Å². The van der Waals surface area contributed by atoms with Crippen molar-refractivity contribution in [2.24, 2.45) is 10.7 Å². The standard InChI is InChI=1S/C19H17F3N4O/c1-11-5-6-15(9-16(11)19(20,21)22)26-18(27)25-14-4-2-3-12(7-14)13-8-17(23)24-10-13/h2-7,9-10H,8H2,1H3,(H2,23,24)(H2,25,26,27). The Hall–Kier alpha value is -3.29. The summed E-state index contributed by atoms with van der Waals surface area (Å²) in [6, 6.07) is 10.1. The number of amides is 2. The van der Waals surface area contributed by atoms with E-state index < -0.39 is 17.8 Å². The quantitative estimate of drug-likeness (QED) is 0.724. The number of rotatable bonds is 3. The zero-order chi connectivity index (χ0) is 19.6. The van der Waals surface area contributed by atoms with Gasteiger partial charge >= 0.3 is 12.2 Å². The summed E-state index contributed by atoms with van der Waals surface area (Å²) >= 11 is 0. The molecule has 1 heterocycles. The maximum atomic E-state index is 13.0. The number of halogens is 3. The number of hydrogen-bond donors (Lipinski definition) is 3.